The minimum Gasteiger partial charge on any atom is -0.393 e. The van der Waals surface area contributed by atoms with Gasteiger partial charge in [-0.05, 0) is 25.7 Å². The van der Waals surface area contributed by atoms with Crippen LogP contribution in [-0.4, -0.2) is 17.7 Å². The second-order valence-electron chi connectivity index (χ2n) is 3.39. The van der Waals surface area contributed by atoms with Gasteiger partial charge in [0, 0.05) is 6.61 Å². The van der Waals surface area contributed by atoms with Gasteiger partial charge in [0.1, 0.15) is 0 Å². The molecule has 2 N–H and O–H groups in total. The molecular weight excluding hydrogens is 170 g/mol. The van der Waals surface area contributed by atoms with Crippen molar-refractivity contribution in [2.45, 2.75) is 39.7 Å². The fourth-order valence-electron chi connectivity index (χ4n) is 0.708. The number of rotatable bonds is 6. The predicted octanol–water partition coefficient (Wildman–Crippen LogP) is 2.11. The molecule has 3 heteroatoms. The molecule has 0 fully saturated rings. The van der Waals surface area contributed by atoms with E-state index in [4.69, 9.17) is 22.7 Å². The Morgan fingerprint density at radius 1 is 1.42 bits per heavy atom. The summed E-state index contributed by atoms with van der Waals surface area (Å²) in [5.41, 5.74) is 5.35. The van der Waals surface area contributed by atoms with E-state index in [0.717, 1.165) is 19.4 Å². The molecule has 0 aromatic carbocycles. The first-order valence-electron chi connectivity index (χ1n) is 4.44. The standard InChI is InChI=1S/C9H19NOS/c1-7(2)8(3)11-6-4-5-9(10)12/h7-8H,4-6H2,1-3H3,(H2,10,12). The molecule has 0 aliphatic heterocycles. The van der Waals surface area contributed by atoms with Crippen molar-refractivity contribution in [3.05, 3.63) is 0 Å². The van der Waals surface area contributed by atoms with Gasteiger partial charge in [0.2, 0.25) is 0 Å². The summed E-state index contributed by atoms with van der Waals surface area (Å²) in [6.07, 6.45) is 2.06. The van der Waals surface area contributed by atoms with Gasteiger partial charge in [0.05, 0.1) is 11.1 Å². The van der Waals surface area contributed by atoms with Crippen molar-refractivity contribution in [1.82, 2.24) is 0 Å². The zero-order valence-electron chi connectivity index (χ0n) is 8.17. The van der Waals surface area contributed by atoms with E-state index in [2.05, 4.69) is 20.8 Å². The largest absolute Gasteiger partial charge is 0.393 e. The SMILES string of the molecule is CC(C)C(C)OCCCC(N)=S. The van der Waals surface area contributed by atoms with Crippen LogP contribution in [0.2, 0.25) is 0 Å². The molecule has 0 saturated heterocycles. The smallest absolute Gasteiger partial charge is 0.0728 e. The van der Waals surface area contributed by atoms with Crippen LogP contribution in [0.25, 0.3) is 0 Å². The number of hydrogen-bond donors (Lipinski definition) is 1. The van der Waals surface area contributed by atoms with E-state index >= 15 is 0 Å². The van der Waals surface area contributed by atoms with Crippen molar-refractivity contribution >= 4 is 17.2 Å². The molecule has 0 heterocycles. The van der Waals surface area contributed by atoms with E-state index in [0.29, 0.717) is 17.0 Å². The molecule has 0 radical (unpaired) electrons. The van der Waals surface area contributed by atoms with Gasteiger partial charge >= 0.3 is 0 Å². The summed E-state index contributed by atoms with van der Waals surface area (Å²) in [6, 6.07) is 0. The van der Waals surface area contributed by atoms with Crippen molar-refractivity contribution in [1.29, 1.82) is 0 Å². The zero-order valence-corrected chi connectivity index (χ0v) is 8.99. The molecule has 0 rings (SSSR count). The first-order valence-corrected chi connectivity index (χ1v) is 4.84. The fourth-order valence-corrected chi connectivity index (χ4v) is 0.852. The highest BCUT2D eigenvalue weighted by Crippen LogP contribution is 2.05. The number of hydrogen-bond acceptors (Lipinski definition) is 2. The van der Waals surface area contributed by atoms with Crippen LogP contribution in [0.5, 0.6) is 0 Å². The van der Waals surface area contributed by atoms with Crippen molar-refractivity contribution in [3.63, 3.8) is 0 Å². The maximum atomic E-state index is 5.54. The van der Waals surface area contributed by atoms with Crippen LogP contribution in [0.4, 0.5) is 0 Å². The van der Waals surface area contributed by atoms with Gasteiger partial charge in [0.15, 0.2) is 0 Å². The summed E-state index contributed by atoms with van der Waals surface area (Å²) in [5.74, 6) is 0.579. The lowest BCUT2D eigenvalue weighted by atomic mass is 10.1. The molecule has 0 saturated carbocycles. The van der Waals surface area contributed by atoms with E-state index in [1.165, 1.54) is 0 Å². The third-order valence-corrected chi connectivity index (χ3v) is 2.09. The van der Waals surface area contributed by atoms with Gasteiger partial charge in [-0.25, -0.2) is 0 Å². The molecule has 0 amide bonds. The molecule has 0 spiro atoms. The van der Waals surface area contributed by atoms with Gasteiger partial charge in [-0.2, -0.15) is 0 Å². The first kappa shape index (κ1) is 11.8. The van der Waals surface area contributed by atoms with Gasteiger partial charge < -0.3 is 10.5 Å². The third-order valence-electron chi connectivity index (χ3n) is 1.89. The quantitative estimate of drug-likeness (QED) is 0.513. The zero-order chi connectivity index (χ0) is 9.56. The molecule has 1 unspecified atom stereocenters. The number of nitrogens with two attached hydrogens (primary N) is 1. The average molecular weight is 189 g/mol. The van der Waals surface area contributed by atoms with E-state index in [-0.39, 0.29) is 0 Å². The van der Waals surface area contributed by atoms with E-state index in [1.807, 2.05) is 0 Å². The highest BCUT2D eigenvalue weighted by Gasteiger charge is 2.05. The van der Waals surface area contributed by atoms with Gasteiger partial charge in [-0.3, -0.25) is 0 Å². The molecular formula is C9H19NOS. The highest BCUT2D eigenvalue weighted by molar-refractivity contribution is 7.80. The molecule has 0 bridgehead atoms. The fraction of sp³-hybridized carbons (Fsp3) is 0.889. The molecule has 0 aliphatic rings. The summed E-state index contributed by atoms with van der Waals surface area (Å²) < 4.78 is 5.54. The number of thiocarbonyl (C=S) groups is 1. The predicted molar refractivity (Wildman–Crippen MR) is 56.3 cm³/mol. The lowest BCUT2D eigenvalue weighted by Gasteiger charge is -2.16. The van der Waals surface area contributed by atoms with Crippen LogP contribution in [0.15, 0.2) is 0 Å². The van der Waals surface area contributed by atoms with E-state index in [9.17, 15) is 0 Å². The van der Waals surface area contributed by atoms with Crippen LogP contribution >= 0.6 is 12.2 Å². The lowest BCUT2D eigenvalue weighted by molar-refractivity contribution is 0.0349. The van der Waals surface area contributed by atoms with Crippen molar-refractivity contribution < 1.29 is 4.74 Å². The maximum Gasteiger partial charge on any atom is 0.0728 e. The summed E-state index contributed by atoms with van der Waals surface area (Å²) in [4.78, 5) is 0.579. The Balaban J connectivity index is 3.25. The van der Waals surface area contributed by atoms with Crippen molar-refractivity contribution in [2.24, 2.45) is 11.7 Å². The number of ether oxygens (including phenoxy) is 1. The summed E-state index contributed by atoms with van der Waals surface area (Å²) >= 11 is 4.75. The second kappa shape index (κ2) is 6.38. The Morgan fingerprint density at radius 3 is 2.42 bits per heavy atom. The summed E-state index contributed by atoms with van der Waals surface area (Å²) in [6.45, 7) is 7.15. The van der Waals surface area contributed by atoms with Crippen LogP contribution in [-0.2, 0) is 4.74 Å². The van der Waals surface area contributed by atoms with E-state index in [1.54, 1.807) is 0 Å². The topological polar surface area (TPSA) is 35.2 Å². The second-order valence-corrected chi connectivity index (χ2v) is 3.91. The van der Waals surface area contributed by atoms with E-state index < -0.39 is 0 Å². The Morgan fingerprint density at radius 2 is 2.00 bits per heavy atom. The van der Waals surface area contributed by atoms with Crippen LogP contribution in [0, 0.1) is 5.92 Å². The summed E-state index contributed by atoms with van der Waals surface area (Å²) in [7, 11) is 0. The van der Waals surface area contributed by atoms with Gasteiger partial charge in [-0.15, -0.1) is 0 Å². The molecule has 0 aromatic heterocycles. The van der Waals surface area contributed by atoms with Crippen LogP contribution < -0.4 is 5.73 Å². The highest BCUT2D eigenvalue weighted by atomic mass is 32.1. The Hall–Kier alpha value is -0.150. The molecule has 0 aromatic rings. The Bertz CT molecular complexity index is 136. The van der Waals surface area contributed by atoms with Crippen molar-refractivity contribution in [3.8, 4) is 0 Å². The summed E-state index contributed by atoms with van der Waals surface area (Å²) in [5, 5.41) is 0. The Kier molecular flexibility index (Phi) is 6.30. The van der Waals surface area contributed by atoms with Crippen LogP contribution in [0.1, 0.15) is 33.6 Å². The Labute approximate surface area is 80.5 Å². The normalized spacial score (nSPS) is 13.3. The molecule has 1 atom stereocenters. The first-order chi connectivity index (χ1) is 5.54. The maximum absolute atomic E-state index is 5.54. The molecule has 2 nitrogen and oxygen atoms in total. The van der Waals surface area contributed by atoms with Crippen molar-refractivity contribution in [2.75, 3.05) is 6.61 Å². The van der Waals surface area contributed by atoms with Crippen LogP contribution in [0.3, 0.4) is 0 Å². The molecule has 12 heavy (non-hydrogen) atoms. The van der Waals surface area contributed by atoms with Gasteiger partial charge in [0.25, 0.3) is 0 Å². The third kappa shape index (κ3) is 6.55. The monoisotopic (exact) mass is 189 g/mol. The van der Waals surface area contributed by atoms with Gasteiger partial charge in [-0.1, -0.05) is 26.1 Å². The molecule has 0 aliphatic carbocycles. The minimum atomic E-state index is 0.330. The molecule has 72 valence electrons. The average Bonchev–Trinajstić information content (AvgIpc) is 1.97. The minimum absolute atomic E-state index is 0.330. The lowest BCUT2D eigenvalue weighted by Crippen LogP contribution is -2.17.